The fourth-order valence-corrected chi connectivity index (χ4v) is 4.35. The second-order valence-electron chi connectivity index (χ2n) is 7.16. The van der Waals surface area contributed by atoms with Crippen molar-refractivity contribution >= 4 is 23.2 Å². The largest absolute Gasteiger partial charge is 0.353 e. The number of nitrogens with zero attached hydrogens (tertiary/aromatic N) is 5. The van der Waals surface area contributed by atoms with Crippen LogP contribution in [0.15, 0.2) is 23.0 Å². The molecule has 0 aromatic carbocycles. The Kier molecular flexibility index (Phi) is 5.22. The Morgan fingerprint density at radius 3 is 2.89 bits per heavy atom. The maximum atomic E-state index is 12.4. The maximum Gasteiger partial charge on any atom is 0.254 e. The lowest BCUT2D eigenvalue weighted by molar-refractivity contribution is -0.128. The summed E-state index contributed by atoms with van der Waals surface area (Å²) in [7, 11) is 0. The predicted octanol–water partition coefficient (Wildman–Crippen LogP) is 1.14. The van der Waals surface area contributed by atoms with E-state index in [-0.39, 0.29) is 23.9 Å². The first kappa shape index (κ1) is 18.1. The van der Waals surface area contributed by atoms with Crippen molar-refractivity contribution in [2.75, 3.05) is 26.2 Å². The number of amides is 2. The smallest absolute Gasteiger partial charge is 0.254 e. The molecule has 27 heavy (non-hydrogen) atoms. The number of carbonyl (C=O) groups is 2. The van der Waals surface area contributed by atoms with Crippen molar-refractivity contribution in [1.82, 2.24) is 30.1 Å². The zero-order valence-electron chi connectivity index (χ0n) is 15.4. The molecule has 4 heterocycles. The zero-order chi connectivity index (χ0) is 18.8. The van der Waals surface area contributed by atoms with Gasteiger partial charge in [0.05, 0.1) is 29.5 Å². The van der Waals surface area contributed by atoms with Crippen LogP contribution in [0, 0.1) is 0 Å². The first-order valence-corrected chi connectivity index (χ1v) is 10.3. The lowest BCUT2D eigenvalue weighted by atomic mass is 10.0. The van der Waals surface area contributed by atoms with E-state index in [2.05, 4.69) is 20.5 Å². The summed E-state index contributed by atoms with van der Waals surface area (Å²) in [5.74, 6) is 0.183. The van der Waals surface area contributed by atoms with Crippen molar-refractivity contribution in [1.29, 1.82) is 0 Å². The molecule has 0 radical (unpaired) electrons. The number of thiophene rings is 1. The number of carbonyl (C=O) groups excluding carboxylic acids is 2. The molecule has 2 amide bonds. The van der Waals surface area contributed by atoms with Crippen LogP contribution in [0.4, 0.5) is 0 Å². The number of likely N-dealkylation sites (tertiary alicyclic amines) is 1. The highest BCUT2D eigenvalue weighted by molar-refractivity contribution is 7.08. The minimum absolute atomic E-state index is 0.0660. The third-order valence-corrected chi connectivity index (χ3v) is 6.13. The van der Waals surface area contributed by atoms with Gasteiger partial charge in [0, 0.05) is 38.1 Å². The zero-order valence-corrected chi connectivity index (χ0v) is 16.2. The number of nitrogens with one attached hydrogen (secondary N) is 1. The molecule has 2 aromatic heterocycles. The van der Waals surface area contributed by atoms with Gasteiger partial charge in [-0.05, 0) is 31.2 Å². The van der Waals surface area contributed by atoms with Crippen molar-refractivity contribution in [3.05, 3.63) is 34.3 Å². The van der Waals surface area contributed by atoms with Crippen LogP contribution < -0.4 is 5.32 Å². The van der Waals surface area contributed by atoms with E-state index in [4.69, 9.17) is 0 Å². The van der Waals surface area contributed by atoms with E-state index < -0.39 is 0 Å². The molecule has 0 bridgehead atoms. The lowest BCUT2D eigenvalue weighted by Gasteiger charge is -2.32. The Hall–Kier alpha value is -2.26. The van der Waals surface area contributed by atoms with Crippen LogP contribution in [-0.4, -0.2) is 68.8 Å². The van der Waals surface area contributed by atoms with Crippen LogP contribution >= 0.6 is 11.3 Å². The summed E-state index contributed by atoms with van der Waals surface area (Å²) in [5.41, 5.74) is 1.66. The summed E-state index contributed by atoms with van der Waals surface area (Å²) in [5, 5.41) is 15.3. The maximum absolute atomic E-state index is 12.4. The molecule has 1 N–H and O–H groups in total. The quantitative estimate of drug-likeness (QED) is 0.849. The van der Waals surface area contributed by atoms with Gasteiger partial charge in [-0.1, -0.05) is 5.21 Å². The number of rotatable bonds is 4. The minimum atomic E-state index is -0.143. The molecule has 2 aromatic rings. The van der Waals surface area contributed by atoms with Crippen LogP contribution in [0.3, 0.4) is 0 Å². The average molecular weight is 388 g/mol. The van der Waals surface area contributed by atoms with Gasteiger partial charge in [-0.3, -0.25) is 14.5 Å². The lowest BCUT2D eigenvalue weighted by Crippen LogP contribution is -2.53. The molecule has 2 aliphatic rings. The first-order valence-electron chi connectivity index (χ1n) is 9.36. The summed E-state index contributed by atoms with van der Waals surface area (Å²) in [6.07, 6.45) is 3.74. The third kappa shape index (κ3) is 3.89. The molecular weight excluding hydrogens is 364 g/mol. The summed E-state index contributed by atoms with van der Waals surface area (Å²) in [6.45, 7) is 5.51. The Labute approximate surface area is 162 Å². The normalized spacial score (nSPS) is 22.0. The van der Waals surface area contributed by atoms with Crippen LogP contribution in [-0.2, 0) is 11.3 Å². The molecule has 8 nitrogen and oxygen atoms in total. The van der Waals surface area contributed by atoms with Crippen LogP contribution in [0.5, 0.6) is 0 Å². The number of piperazine rings is 1. The standard InChI is InChI=1S/C18H24N6O2S/c1-13-17(25)19-5-8-23(13)10-15-11-24(21-20-15)16-2-6-22(7-3-16)18(26)14-4-9-27-12-14/h4,9,11-13,16H,2-3,5-8,10H2,1H3,(H,19,25). The molecule has 2 fully saturated rings. The fraction of sp³-hybridized carbons (Fsp3) is 0.556. The van der Waals surface area contributed by atoms with Gasteiger partial charge in [0.25, 0.3) is 5.91 Å². The van der Waals surface area contributed by atoms with Crippen LogP contribution in [0.2, 0.25) is 0 Å². The van der Waals surface area contributed by atoms with Gasteiger partial charge < -0.3 is 10.2 Å². The second kappa shape index (κ2) is 7.77. The molecule has 1 unspecified atom stereocenters. The monoisotopic (exact) mass is 388 g/mol. The molecule has 0 spiro atoms. The number of hydrogen-bond acceptors (Lipinski definition) is 6. The summed E-state index contributed by atoms with van der Waals surface area (Å²) >= 11 is 1.55. The molecule has 1 atom stereocenters. The van der Waals surface area contributed by atoms with Gasteiger partial charge >= 0.3 is 0 Å². The highest BCUT2D eigenvalue weighted by Crippen LogP contribution is 2.23. The Balaban J connectivity index is 1.33. The van der Waals surface area contributed by atoms with E-state index in [1.54, 1.807) is 11.3 Å². The molecule has 2 aliphatic heterocycles. The van der Waals surface area contributed by atoms with E-state index in [9.17, 15) is 9.59 Å². The average Bonchev–Trinajstić information content (AvgIpc) is 3.37. The van der Waals surface area contributed by atoms with Gasteiger partial charge in [-0.15, -0.1) is 5.10 Å². The van der Waals surface area contributed by atoms with Gasteiger partial charge in [0.15, 0.2) is 0 Å². The molecule has 0 aliphatic carbocycles. The van der Waals surface area contributed by atoms with Crippen molar-refractivity contribution in [3.63, 3.8) is 0 Å². The fourth-order valence-electron chi connectivity index (χ4n) is 3.72. The van der Waals surface area contributed by atoms with E-state index >= 15 is 0 Å². The number of hydrogen-bond donors (Lipinski definition) is 1. The van der Waals surface area contributed by atoms with E-state index in [0.29, 0.717) is 13.1 Å². The van der Waals surface area contributed by atoms with E-state index in [0.717, 1.165) is 43.7 Å². The highest BCUT2D eigenvalue weighted by atomic mass is 32.1. The molecule has 0 saturated carbocycles. The van der Waals surface area contributed by atoms with Crippen molar-refractivity contribution < 1.29 is 9.59 Å². The van der Waals surface area contributed by atoms with Crippen LogP contribution in [0.1, 0.15) is 41.9 Å². The second-order valence-corrected chi connectivity index (χ2v) is 7.94. The van der Waals surface area contributed by atoms with Gasteiger partial charge in [-0.2, -0.15) is 11.3 Å². The van der Waals surface area contributed by atoms with Crippen molar-refractivity contribution in [3.8, 4) is 0 Å². The summed E-state index contributed by atoms with van der Waals surface area (Å²) in [4.78, 5) is 28.3. The van der Waals surface area contributed by atoms with Gasteiger partial charge in [0.1, 0.15) is 0 Å². The molecule has 4 rings (SSSR count). The molecule has 9 heteroatoms. The first-order chi connectivity index (χ1) is 13.1. The van der Waals surface area contributed by atoms with Crippen LogP contribution in [0.25, 0.3) is 0 Å². The number of piperidine rings is 1. The SMILES string of the molecule is CC1C(=O)NCCN1Cc1cn(C2CCN(C(=O)c3ccsc3)CC2)nn1. The topological polar surface area (TPSA) is 83.4 Å². The Morgan fingerprint density at radius 2 is 2.15 bits per heavy atom. The Bertz CT molecular complexity index is 797. The van der Waals surface area contributed by atoms with Crippen molar-refractivity contribution in [2.45, 2.75) is 38.4 Å². The summed E-state index contributed by atoms with van der Waals surface area (Å²) < 4.78 is 1.93. The highest BCUT2D eigenvalue weighted by Gasteiger charge is 2.28. The number of aromatic nitrogens is 3. The predicted molar refractivity (Wildman–Crippen MR) is 101 cm³/mol. The van der Waals surface area contributed by atoms with Crippen molar-refractivity contribution in [2.24, 2.45) is 0 Å². The summed E-state index contributed by atoms with van der Waals surface area (Å²) in [6, 6.07) is 2.00. The van der Waals surface area contributed by atoms with E-state index in [1.807, 2.05) is 39.5 Å². The minimum Gasteiger partial charge on any atom is -0.353 e. The third-order valence-electron chi connectivity index (χ3n) is 5.44. The Morgan fingerprint density at radius 1 is 1.33 bits per heavy atom. The molecule has 144 valence electrons. The molecule has 2 saturated heterocycles. The van der Waals surface area contributed by atoms with Gasteiger partial charge in [0.2, 0.25) is 5.91 Å². The molecular formula is C18H24N6O2S. The van der Waals surface area contributed by atoms with E-state index in [1.165, 1.54) is 0 Å². The van der Waals surface area contributed by atoms with Gasteiger partial charge in [-0.25, -0.2) is 4.68 Å².